The number of nitrogens with zero attached hydrogens (tertiary/aromatic N) is 1. The molecule has 0 spiro atoms. The largest absolute Gasteiger partial charge is 0.493 e. The number of hydrogen-bond acceptors (Lipinski definition) is 4. The second-order valence-corrected chi connectivity index (χ2v) is 5.48. The van der Waals surface area contributed by atoms with Gasteiger partial charge in [-0.2, -0.15) is 0 Å². The number of nitrogens with one attached hydrogen (secondary N) is 1. The predicted molar refractivity (Wildman–Crippen MR) is 83.7 cm³/mol. The van der Waals surface area contributed by atoms with E-state index in [0.717, 1.165) is 25.9 Å². The van der Waals surface area contributed by atoms with E-state index >= 15 is 0 Å². The smallest absolute Gasteiger partial charge is 0.248 e. The highest BCUT2D eigenvalue weighted by Gasteiger charge is 2.21. The summed E-state index contributed by atoms with van der Waals surface area (Å²) >= 11 is 0. The lowest BCUT2D eigenvalue weighted by Crippen LogP contribution is -2.44. The first kappa shape index (κ1) is 16.3. The van der Waals surface area contributed by atoms with E-state index in [4.69, 9.17) is 10.5 Å². The van der Waals surface area contributed by atoms with Gasteiger partial charge in [0, 0.05) is 18.7 Å². The van der Waals surface area contributed by atoms with Crippen molar-refractivity contribution in [2.45, 2.75) is 25.3 Å². The SMILES string of the molecule is CN(C(=O)CCOc1cccc(C(N)=O)c1)C1CCNCC1. The number of carbonyl (C=O) groups is 2. The van der Waals surface area contributed by atoms with E-state index in [1.54, 1.807) is 24.3 Å². The molecular formula is C16H23N3O3. The Kier molecular flexibility index (Phi) is 5.77. The molecule has 1 aromatic carbocycles. The molecule has 1 aliphatic heterocycles. The molecule has 0 atom stereocenters. The van der Waals surface area contributed by atoms with E-state index in [2.05, 4.69) is 5.32 Å². The number of rotatable bonds is 6. The van der Waals surface area contributed by atoms with E-state index in [-0.39, 0.29) is 12.5 Å². The first-order valence-corrected chi connectivity index (χ1v) is 7.57. The number of hydrogen-bond donors (Lipinski definition) is 2. The van der Waals surface area contributed by atoms with Gasteiger partial charge in [-0.05, 0) is 44.1 Å². The van der Waals surface area contributed by atoms with Gasteiger partial charge in [0.05, 0.1) is 13.0 Å². The van der Waals surface area contributed by atoms with Crippen LogP contribution in [0, 0.1) is 0 Å². The highest BCUT2D eigenvalue weighted by Crippen LogP contribution is 2.14. The first-order valence-electron chi connectivity index (χ1n) is 7.57. The molecule has 6 heteroatoms. The summed E-state index contributed by atoms with van der Waals surface area (Å²) in [4.78, 5) is 25.1. The van der Waals surface area contributed by atoms with Crippen molar-refractivity contribution in [2.24, 2.45) is 5.73 Å². The third-order valence-corrected chi connectivity index (χ3v) is 3.95. The molecule has 2 rings (SSSR count). The highest BCUT2D eigenvalue weighted by molar-refractivity contribution is 5.93. The van der Waals surface area contributed by atoms with Crippen LogP contribution < -0.4 is 15.8 Å². The summed E-state index contributed by atoms with van der Waals surface area (Å²) in [5.74, 6) is 0.138. The fourth-order valence-electron chi connectivity index (χ4n) is 2.57. The van der Waals surface area contributed by atoms with Gasteiger partial charge in [-0.3, -0.25) is 9.59 Å². The van der Waals surface area contributed by atoms with E-state index in [1.807, 2.05) is 11.9 Å². The number of benzene rings is 1. The van der Waals surface area contributed by atoms with Crippen LogP contribution in [0.1, 0.15) is 29.6 Å². The molecule has 1 fully saturated rings. The summed E-state index contributed by atoms with van der Waals surface area (Å²) in [6.07, 6.45) is 2.30. The van der Waals surface area contributed by atoms with Gasteiger partial charge in [0.1, 0.15) is 5.75 Å². The lowest BCUT2D eigenvalue weighted by Gasteiger charge is -2.31. The Morgan fingerprint density at radius 2 is 2.09 bits per heavy atom. The molecule has 3 N–H and O–H groups in total. The lowest BCUT2D eigenvalue weighted by atomic mass is 10.1. The van der Waals surface area contributed by atoms with Crippen molar-refractivity contribution in [3.8, 4) is 5.75 Å². The van der Waals surface area contributed by atoms with Crippen molar-refractivity contribution in [2.75, 3.05) is 26.7 Å². The summed E-state index contributed by atoms with van der Waals surface area (Å²) in [7, 11) is 1.85. The Bertz CT molecular complexity index is 527. The van der Waals surface area contributed by atoms with E-state index in [0.29, 0.717) is 23.8 Å². The standard InChI is InChI=1S/C16H23N3O3/c1-19(13-5-8-18-9-6-13)15(20)7-10-22-14-4-2-3-12(11-14)16(17)21/h2-4,11,13,18H,5-10H2,1H3,(H2,17,21). The van der Waals surface area contributed by atoms with Crippen LogP contribution in [-0.4, -0.2) is 49.5 Å². The molecular weight excluding hydrogens is 282 g/mol. The minimum atomic E-state index is -0.493. The van der Waals surface area contributed by atoms with Crippen molar-refractivity contribution >= 4 is 11.8 Å². The molecule has 1 heterocycles. The summed E-state index contributed by atoms with van der Waals surface area (Å²) in [5, 5.41) is 3.29. The van der Waals surface area contributed by atoms with Crippen molar-refractivity contribution in [3.05, 3.63) is 29.8 Å². The van der Waals surface area contributed by atoms with Gasteiger partial charge in [-0.1, -0.05) is 6.07 Å². The Morgan fingerprint density at radius 3 is 2.77 bits per heavy atom. The zero-order valence-electron chi connectivity index (χ0n) is 12.9. The maximum absolute atomic E-state index is 12.2. The maximum Gasteiger partial charge on any atom is 0.248 e. The molecule has 22 heavy (non-hydrogen) atoms. The Labute approximate surface area is 130 Å². The van der Waals surface area contributed by atoms with Crippen LogP contribution in [0.15, 0.2) is 24.3 Å². The monoisotopic (exact) mass is 305 g/mol. The topological polar surface area (TPSA) is 84.7 Å². The Balaban J connectivity index is 1.79. The summed E-state index contributed by atoms with van der Waals surface area (Å²) < 4.78 is 5.54. The van der Waals surface area contributed by atoms with Gasteiger partial charge >= 0.3 is 0 Å². The molecule has 1 aliphatic rings. The fourth-order valence-corrected chi connectivity index (χ4v) is 2.57. The third-order valence-electron chi connectivity index (χ3n) is 3.95. The molecule has 120 valence electrons. The van der Waals surface area contributed by atoms with Crippen molar-refractivity contribution < 1.29 is 14.3 Å². The molecule has 0 aliphatic carbocycles. The normalized spacial score (nSPS) is 15.3. The molecule has 2 amide bonds. The zero-order chi connectivity index (χ0) is 15.9. The average molecular weight is 305 g/mol. The predicted octanol–water partition coefficient (Wildman–Crippen LogP) is 0.765. The van der Waals surface area contributed by atoms with Crippen LogP contribution in [0.2, 0.25) is 0 Å². The molecule has 0 aromatic heterocycles. The molecule has 1 aromatic rings. The van der Waals surface area contributed by atoms with Gasteiger partial charge in [0.15, 0.2) is 0 Å². The molecule has 0 unspecified atom stereocenters. The molecule has 0 saturated carbocycles. The fraction of sp³-hybridized carbons (Fsp3) is 0.500. The molecule has 0 bridgehead atoms. The lowest BCUT2D eigenvalue weighted by molar-refractivity contribution is -0.132. The molecule has 6 nitrogen and oxygen atoms in total. The summed E-state index contributed by atoms with van der Waals surface area (Å²) in [6.45, 7) is 2.20. The minimum absolute atomic E-state index is 0.0814. The van der Waals surface area contributed by atoms with Crippen LogP contribution >= 0.6 is 0 Å². The second kappa shape index (κ2) is 7.79. The van der Waals surface area contributed by atoms with Crippen LogP contribution in [0.5, 0.6) is 5.75 Å². The van der Waals surface area contributed by atoms with Crippen molar-refractivity contribution in [1.82, 2.24) is 10.2 Å². The number of primary amides is 1. The van der Waals surface area contributed by atoms with Crippen LogP contribution in [0.25, 0.3) is 0 Å². The second-order valence-electron chi connectivity index (χ2n) is 5.48. The van der Waals surface area contributed by atoms with Crippen molar-refractivity contribution in [3.63, 3.8) is 0 Å². The van der Waals surface area contributed by atoms with Crippen LogP contribution in [-0.2, 0) is 4.79 Å². The van der Waals surface area contributed by atoms with Gasteiger partial charge < -0.3 is 20.7 Å². The quantitative estimate of drug-likeness (QED) is 0.813. The number of amides is 2. The van der Waals surface area contributed by atoms with Crippen LogP contribution in [0.3, 0.4) is 0 Å². The maximum atomic E-state index is 12.2. The van der Waals surface area contributed by atoms with Crippen molar-refractivity contribution in [1.29, 1.82) is 0 Å². The number of piperidine rings is 1. The van der Waals surface area contributed by atoms with Crippen LogP contribution in [0.4, 0.5) is 0 Å². The zero-order valence-corrected chi connectivity index (χ0v) is 12.9. The summed E-state index contributed by atoms with van der Waals surface area (Å²) in [6, 6.07) is 6.98. The van der Waals surface area contributed by atoms with E-state index in [9.17, 15) is 9.59 Å². The highest BCUT2D eigenvalue weighted by atomic mass is 16.5. The number of carbonyl (C=O) groups excluding carboxylic acids is 2. The third kappa shape index (κ3) is 4.46. The van der Waals surface area contributed by atoms with E-state index < -0.39 is 5.91 Å². The first-order chi connectivity index (χ1) is 10.6. The number of nitrogens with two attached hydrogens (primary N) is 1. The van der Waals surface area contributed by atoms with Gasteiger partial charge in [0.25, 0.3) is 0 Å². The Morgan fingerprint density at radius 1 is 1.36 bits per heavy atom. The number of ether oxygens (including phenoxy) is 1. The molecule has 1 saturated heterocycles. The van der Waals surface area contributed by atoms with Gasteiger partial charge in [0.2, 0.25) is 11.8 Å². The van der Waals surface area contributed by atoms with Gasteiger partial charge in [-0.25, -0.2) is 0 Å². The van der Waals surface area contributed by atoms with Gasteiger partial charge in [-0.15, -0.1) is 0 Å². The van der Waals surface area contributed by atoms with E-state index in [1.165, 1.54) is 0 Å². The molecule has 0 radical (unpaired) electrons. The summed E-state index contributed by atoms with van der Waals surface area (Å²) in [5.41, 5.74) is 5.62. The Hall–Kier alpha value is -2.08. The minimum Gasteiger partial charge on any atom is -0.493 e. The average Bonchev–Trinajstić information content (AvgIpc) is 2.55.